The van der Waals surface area contributed by atoms with E-state index in [0.29, 0.717) is 19.8 Å². The minimum absolute atomic E-state index is 0.00217. The van der Waals surface area contributed by atoms with Crippen LogP contribution in [0.5, 0.6) is 0 Å². The zero-order valence-corrected chi connectivity index (χ0v) is 23.3. The second-order valence-electron chi connectivity index (χ2n) is 7.74. The van der Waals surface area contributed by atoms with Crippen molar-refractivity contribution in [1.82, 2.24) is 14.8 Å². The van der Waals surface area contributed by atoms with Gasteiger partial charge in [0.2, 0.25) is 0 Å². The molecule has 0 saturated heterocycles. The van der Waals surface area contributed by atoms with Crippen molar-refractivity contribution in [1.29, 1.82) is 0 Å². The fraction of sp³-hybridized carbons (Fsp3) is 0.304. The van der Waals surface area contributed by atoms with Crippen molar-refractivity contribution in [2.75, 3.05) is 13.2 Å². The van der Waals surface area contributed by atoms with Crippen LogP contribution in [0.15, 0.2) is 38.2 Å². The molecule has 0 aliphatic carbocycles. The maximum Gasteiger partial charge on any atom is 0.308 e. The molecule has 3 heterocycles. The van der Waals surface area contributed by atoms with Crippen molar-refractivity contribution in [3.8, 4) is 5.00 Å². The van der Waals surface area contributed by atoms with Crippen LogP contribution in [0.2, 0.25) is 5.02 Å². The summed E-state index contributed by atoms with van der Waals surface area (Å²) in [4.78, 5) is 19.0. The van der Waals surface area contributed by atoms with Gasteiger partial charge in [0.25, 0.3) is 0 Å². The molecular weight excluding hydrogens is 608 g/mol. The maximum atomic E-state index is 12.8. The number of halogens is 3. The molecule has 11 heteroatoms. The van der Waals surface area contributed by atoms with Gasteiger partial charge in [0, 0.05) is 30.0 Å². The lowest BCUT2D eigenvalue weighted by molar-refractivity contribution is -0.142. The van der Waals surface area contributed by atoms with E-state index in [4.69, 9.17) is 21.3 Å². The molecule has 7 nitrogen and oxygen atoms in total. The van der Waals surface area contributed by atoms with Crippen LogP contribution in [0.25, 0.3) is 5.00 Å². The molecule has 0 saturated carbocycles. The second-order valence-corrected chi connectivity index (χ2v) is 11.3. The summed E-state index contributed by atoms with van der Waals surface area (Å²) < 4.78 is 8.49. The van der Waals surface area contributed by atoms with Gasteiger partial charge >= 0.3 is 5.97 Å². The number of hydrogen-bond donors (Lipinski definition) is 1. The molecule has 1 aromatic carbocycles. The van der Waals surface area contributed by atoms with Crippen molar-refractivity contribution in [3.05, 3.63) is 71.5 Å². The van der Waals surface area contributed by atoms with Gasteiger partial charge in [0.15, 0.2) is 5.82 Å². The number of aliphatic imine (C=N–C) groups is 1. The van der Waals surface area contributed by atoms with E-state index in [1.807, 2.05) is 35.8 Å². The highest BCUT2D eigenvalue weighted by Gasteiger charge is 2.32. The highest BCUT2D eigenvalue weighted by Crippen LogP contribution is 2.39. The van der Waals surface area contributed by atoms with Crippen LogP contribution in [0.3, 0.4) is 0 Å². The number of rotatable bonds is 6. The predicted molar refractivity (Wildman–Crippen MR) is 141 cm³/mol. The molecule has 1 aliphatic rings. The zero-order valence-electron chi connectivity index (χ0n) is 18.6. The van der Waals surface area contributed by atoms with Gasteiger partial charge in [-0.1, -0.05) is 55.6 Å². The third kappa shape index (κ3) is 4.92. The smallest absolute Gasteiger partial charge is 0.308 e. The molecule has 1 N–H and O–H groups in total. The first-order valence-corrected chi connectivity index (χ1v) is 13.1. The van der Waals surface area contributed by atoms with Crippen molar-refractivity contribution in [2.45, 2.75) is 33.2 Å². The third-order valence-corrected chi connectivity index (χ3v) is 8.92. The van der Waals surface area contributed by atoms with Crippen molar-refractivity contribution in [3.63, 3.8) is 0 Å². The van der Waals surface area contributed by atoms with Gasteiger partial charge < -0.3 is 9.84 Å². The van der Waals surface area contributed by atoms with E-state index in [1.165, 1.54) is 4.88 Å². The highest BCUT2D eigenvalue weighted by atomic mass is 79.9. The Labute approximate surface area is 222 Å². The molecule has 1 unspecified atom stereocenters. The Hall–Kier alpha value is -1.85. The van der Waals surface area contributed by atoms with Crippen LogP contribution in [0, 0.1) is 20.8 Å². The molecule has 1 atom stereocenters. The number of nitrogens with zero attached hydrogens (tertiary/aromatic N) is 4. The molecule has 0 amide bonds. The standard InChI is InChI=1S/C23H21Br2ClN4O3S/c1-11-12(2)34-23-20(11)21(14-4-6-15(26)7-5-14)27-18(22-29-28-13(3)30(22)23)8-19(32)33-10-17(25)16(24)9-31/h4-7,18,31H,8-10H2,1-3H3/b17-16+. The average Bonchev–Trinajstić information content (AvgIpc) is 3.29. The summed E-state index contributed by atoms with van der Waals surface area (Å²) in [5.41, 5.74) is 3.81. The van der Waals surface area contributed by atoms with Crippen LogP contribution in [-0.4, -0.2) is 44.8 Å². The van der Waals surface area contributed by atoms with E-state index in [-0.39, 0.29) is 19.6 Å². The number of esters is 1. The Balaban J connectivity index is 1.78. The van der Waals surface area contributed by atoms with Gasteiger partial charge in [-0.25, -0.2) is 0 Å². The number of aliphatic hydroxyl groups is 1. The Kier molecular flexibility index (Phi) is 7.73. The van der Waals surface area contributed by atoms with Gasteiger partial charge in [-0.2, -0.15) is 0 Å². The number of aryl methyl sites for hydroxylation is 2. The molecule has 0 spiro atoms. The molecule has 178 valence electrons. The lowest BCUT2D eigenvalue weighted by Crippen LogP contribution is -2.14. The number of thiophene rings is 1. The lowest BCUT2D eigenvalue weighted by Gasteiger charge is -2.13. The monoisotopic (exact) mass is 626 g/mol. The highest BCUT2D eigenvalue weighted by molar-refractivity contribution is 9.14. The number of carbonyl (C=O) groups excluding carboxylic acids is 1. The van der Waals surface area contributed by atoms with Gasteiger partial charge in [-0.3, -0.25) is 14.4 Å². The van der Waals surface area contributed by atoms with Gasteiger partial charge in [-0.05, 0) is 38.5 Å². The fourth-order valence-corrected chi connectivity index (χ4v) is 5.35. The summed E-state index contributed by atoms with van der Waals surface area (Å²) in [6.45, 7) is 5.85. The molecule has 0 radical (unpaired) electrons. The minimum atomic E-state index is -0.595. The Morgan fingerprint density at radius 2 is 1.88 bits per heavy atom. The normalized spacial score (nSPS) is 15.7. The van der Waals surface area contributed by atoms with E-state index in [1.54, 1.807) is 11.3 Å². The Bertz CT molecular complexity index is 1310. The van der Waals surface area contributed by atoms with E-state index in [2.05, 4.69) is 55.9 Å². The van der Waals surface area contributed by atoms with Crippen molar-refractivity contribution in [2.24, 2.45) is 4.99 Å². The number of hydrogen-bond acceptors (Lipinski definition) is 7. The molecule has 2 aromatic heterocycles. The molecule has 4 rings (SSSR count). The average molecular weight is 629 g/mol. The zero-order chi connectivity index (χ0) is 24.6. The molecule has 3 aromatic rings. The number of aromatic nitrogens is 3. The summed E-state index contributed by atoms with van der Waals surface area (Å²) in [6, 6.07) is 6.93. The van der Waals surface area contributed by atoms with Gasteiger partial charge in [0.1, 0.15) is 23.5 Å². The second kappa shape index (κ2) is 10.4. The summed E-state index contributed by atoms with van der Waals surface area (Å²) in [7, 11) is 0. The first-order chi connectivity index (χ1) is 16.2. The van der Waals surface area contributed by atoms with E-state index >= 15 is 0 Å². The maximum absolute atomic E-state index is 12.8. The van der Waals surface area contributed by atoms with E-state index in [9.17, 15) is 9.90 Å². The van der Waals surface area contributed by atoms with E-state index < -0.39 is 12.0 Å². The SMILES string of the molecule is Cc1sc2c(c1C)C(c1ccc(Cl)cc1)=NC(CC(=O)OC/C(Br)=C(\Br)CO)c1nnc(C)n1-2. The molecule has 34 heavy (non-hydrogen) atoms. The molecule has 0 fully saturated rings. The van der Waals surface area contributed by atoms with Crippen molar-refractivity contribution < 1.29 is 14.6 Å². The Morgan fingerprint density at radius 3 is 2.56 bits per heavy atom. The Morgan fingerprint density at radius 1 is 1.18 bits per heavy atom. The minimum Gasteiger partial charge on any atom is -0.460 e. The van der Waals surface area contributed by atoms with Crippen LogP contribution in [0.1, 0.15) is 45.7 Å². The van der Waals surface area contributed by atoms with Crippen molar-refractivity contribution >= 4 is 66.5 Å². The number of benzene rings is 1. The van der Waals surface area contributed by atoms with E-state index in [0.717, 1.165) is 33.2 Å². The molecule has 1 aliphatic heterocycles. The third-order valence-electron chi connectivity index (χ3n) is 5.51. The first kappa shape index (κ1) is 25.2. The van der Waals surface area contributed by atoms with Crippen LogP contribution >= 0.6 is 54.8 Å². The molecular formula is C23H21Br2ClN4O3S. The number of carbonyl (C=O) groups is 1. The largest absolute Gasteiger partial charge is 0.460 e. The van der Waals surface area contributed by atoms with Crippen LogP contribution in [0.4, 0.5) is 0 Å². The number of ether oxygens (including phenoxy) is 1. The summed E-state index contributed by atoms with van der Waals surface area (Å²) in [5, 5.41) is 19.5. The summed E-state index contributed by atoms with van der Waals surface area (Å²) in [5.74, 6) is 0.873. The summed E-state index contributed by atoms with van der Waals surface area (Å²) in [6.07, 6.45) is -0.0147. The number of fused-ring (bicyclic) bond motifs is 3. The van der Waals surface area contributed by atoms with Gasteiger partial charge in [0.05, 0.1) is 18.7 Å². The fourth-order valence-electron chi connectivity index (χ4n) is 3.66. The van der Waals surface area contributed by atoms with Gasteiger partial charge in [-0.15, -0.1) is 21.5 Å². The lowest BCUT2D eigenvalue weighted by atomic mass is 9.99. The van der Waals surface area contributed by atoms with Crippen LogP contribution in [-0.2, 0) is 9.53 Å². The molecule has 0 bridgehead atoms. The first-order valence-electron chi connectivity index (χ1n) is 10.4. The van der Waals surface area contributed by atoms with Crippen LogP contribution < -0.4 is 0 Å². The topological polar surface area (TPSA) is 89.6 Å². The quantitative estimate of drug-likeness (QED) is 0.353. The predicted octanol–water partition coefficient (Wildman–Crippen LogP) is 5.73. The number of aliphatic hydroxyl groups excluding tert-OH is 1. The summed E-state index contributed by atoms with van der Waals surface area (Å²) >= 11 is 14.3.